The van der Waals surface area contributed by atoms with Crippen LogP contribution in [0.1, 0.15) is 44.5 Å². The van der Waals surface area contributed by atoms with Gasteiger partial charge in [-0.2, -0.15) is 5.10 Å². The van der Waals surface area contributed by atoms with E-state index in [-0.39, 0.29) is 12.3 Å². The number of halogens is 4. The zero-order chi connectivity index (χ0) is 23.0. The van der Waals surface area contributed by atoms with Gasteiger partial charge >= 0.3 is 12.5 Å². The smallest absolute Gasteiger partial charge is 0.444 e. The highest BCUT2D eigenvalue weighted by Crippen LogP contribution is 2.32. The minimum Gasteiger partial charge on any atom is -0.444 e. The Kier molecular flexibility index (Phi) is 6.20. The minimum absolute atomic E-state index is 0.0883. The fraction of sp³-hybridized carbons (Fsp3) is 0.524. The lowest BCUT2D eigenvalue weighted by Gasteiger charge is -2.35. The van der Waals surface area contributed by atoms with Gasteiger partial charge in [-0.1, -0.05) is 0 Å². The molecule has 1 amide bonds. The number of ether oxygens (including phenoxy) is 2. The Morgan fingerprint density at radius 3 is 2.35 bits per heavy atom. The normalized spacial score (nSPS) is 19.9. The fourth-order valence-electron chi connectivity index (χ4n) is 3.46. The summed E-state index contributed by atoms with van der Waals surface area (Å²) in [7, 11) is 0. The summed E-state index contributed by atoms with van der Waals surface area (Å²) >= 11 is 0. The number of aryl methyl sites for hydroxylation is 1. The second-order valence-electron chi connectivity index (χ2n) is 8.50. The molecule has 0 aliphatic carbocycles. The summed E-state index contributed by atoms with van der Waals surface area (Å²) in [6.07, 6.45) is -6.24. The van der Waals surface area contributed by atoms with Crippen molar-refractivity contribution >= 4 is 6.09 Å². The quantitative estimate of drug-likeness (QED) is 0.617. The largest absolute Gasteiger partial charge is 0.573 e. The van der Waals surface area contributed by atoms with Crippen molar-refractivity contribution in [2.75, 3.05) is 13.1 Å². The lowest BCUT2D eigenvalue weighted by Crippen LogP contribution is -2.46. The number of nitrogens with zero attached hydrogens (tertiary/aromatic N) is 3. The van der Waals surface area contributed by atoms with Gasteiger partial charge in [0.2, 0.25) is 0 Å². The third kappa shape index (κ3) is 5.89. The molecule has 0 bridgehead atoms. The van der Waals surface area contributed by atoms with E-state index in [4.69, 9.17) is 4.74 Å². The Labute approximate surface area is 177 Å². The highest BCUT2D eigenvalue weighted by molar-refractivity contribution is 5.68. The molecule has 170 valence electrons. The predicted octanol–water partition coefficient (Wildman–Crippen LogP) is 5.14. The van der Waals surface area contributed by atoms with Gasteiger partial charge in [-0.3, -0.25) is 0 Å². The van der Waals surface area contributed by atoms with Crippen molar-refractivity contribution in [3.8, 4) is 11.4 Å². The standard InChI is InChI=1S/C21H25F4N3O3/c1-13-11-18(16-9-10-27(12-17(16)22)19(29)31-20(2,3)4)26-28(13)14-5-7-15(8-6-14)30-21(23,24)25/h5-8,11,16-17H,9-10,12H2,1-4H3/t16-,17-/m0/s1. The molecule has 1 fully saturated rings. The maximum absolute atomic E-state index is 14.9. The van der Waals surface area contributed by atoms with Crippen molar-refractivity contribution in [3.63, 3.8) is 0 Å². The molecule has 0 unspecified atom stereocenters. The number of hydrogen-bond acceptors (Lipinski definition) is 4. The second kappa shape index (κ2) is 8.39. The molecule has 1 saturated heterocycles. The number of piperidine rings is 1. The fourth-order valence-corrected chi connectivity index (χ4v) is 3.46. The van der Waals surface area contributed by atoms with Crippen LogP contribution in [-0.4, -0.2) is 52.0 Å². The summed E-state index contributed by atoms with van der Waals surface area (Å²) in [5.41, 5.74) is 1.11. The third-order valence-electron chi connectivity index (χ3n) is 4.79. The molecule has 31 heavy (non-hydrogen) atoms. The molecule has 0 N–H and O–H groups in total. The van der Waals surface area contributed by atoms with Crippen LogP contribution < -0.4 is 4.74 Å². The monoisotopic (exact) mass is 443 g/mol. The molecular formula is C21H25F4N3O3. The molecular weight excluding hydrogens is 418 g/mol. The molecule has 1 aromatic carbocycles. The van der Waals surface area contributed by atoms with E-state index >= 15 is 0 Å². The molecule has 0 saturated carbocycles. The summed E-state index contributed by atoms with van der Waals surface area (Å²) in [6.45, 7) is 7.29. The Morgan fingerprint density at radius 2 is 1.81 bits per heavy atom. The number of rotatable bonds is 3. The van der Waals surface area contributed by atoms with E-state index in [0.717, 1.165) is 0 Å². The van der Waals surface area contributed by atoms with Gasteiger partial charge in [0, 0.05) is 18.2 Å². The first-order valence-corrected chi connectivity index (χ1v) is 9.87. The number of likely N-dealkylation sites (tertiary alicyclic amines) is 1. The Morgan fingerprint density at radius 1 is 1.16 bits per heavy atom. The summed E-state index contributed by atoms with van der Waals surface area (Å²) in [4.78, 5) is 13.6. The van der Waals surface area contributed by atoms with Gasteiger partial charge in [0.1, 0.15) is 17.5 Å². The van der Waals surface area contributed by atoms with Crippen LogP contribution in [-0.2, 0) is 4.74 Å². The van der Waals surface area contributed by atoms with Gasteiger partial charge in [-0.15, -0.1) is 13.2 Å². The molecule has 0 spiro atoms. The molecule has 2 aromatic rings. The van der Waals surface area contributed by atoms with Gasteiger partial charge in [0.15, 0.2) is 0 Å². The van der Waals surface area contributed by atoms with E-state index in [9.17, 15) is 22.4 Å². The molecule has 2 atom stereocenters. The SMILES string of the molecule is Cc1cc([C@H]2CCN(C(=O)OC(C)(C)C)C[C@@H]2F)nn1-c1ccc(OC(F)(F)F)cc1. The number of carbonyl (C=O) groups excluding carboxylic acids is 1. The molecule has 1 aliphatic rings. The van der Waals surface area contributed by atoms with Crippen LogP contribution in [0.4, 0.5) is 22.4 Å². The zero-order valence-electron chi connectivity index (χ0n) is 17.7. The molecule has 1 aromatic heterocycles. The van der Waals surface area contributed by atoms with Crippen molar-refractivity contribution in [2.24, 2.45) is 0 Å². The molecule has 10 heteroatoms. The van der Waals surface area contributed by atoms with Crippen molar-refractivity contribution in [1.82, 2.24) is 14.7 Å². The summed E-state index contributed by atoms with van der Waals surface area (Å²) in [5, 5.41) is 4.47. The van der Waals surface area contributed by atoms with Gasteiger partial charge < -0.3 is 14.4 Å². The minimum atomic E-state index is -4.76. The molecule has 6 nitrogen and oxygen atoms in total. The lowest BCUT2D eigenvalue weighted by molar-refractivity contribution is -0.274. The number of benzene rings is 1. The number of carbonyl (C=O) groups is 1. The molecule has 3 rings (SSSR count). The van der Waals surface area contributed by atoms with Gasteiger partial charge in [0.05, 0.1) is 17.9 Å². The van der Waals surface area contributed by atoms with Crippen LogP contribution in [0.15, 0.2) is 30.3 Å². The molecule has 1 aliphatic heterocycles. The average molecular weight is 443 g/mol. The summed E-state index contributed by atoms with van der Waals surface area (Å²) < 4.78 is 62.6. The van der Waals surface area contributed by atoms with E-state index in [1.165, 1.54) is 29.2 Å². The van der Waals surface area contributed by atoms with E-state index in [0.29, 0.717) is 30.0 Å². The maximum atomic E-state index is 14.9. The predicted molar refractivity (Wildman–Crippen MR) is 105 cm³/mol. The van der Waals surface area contributed by atoms with E-state index in [1.54, 1.807) is 38.4 Å². The van der Waals surface area contributed by atoms with Crippen LogP contribution >= 0.6 is 0 Å². The van der Waals surface area contributed by atoms with Gasteiger partial charge in [-0.25, -0.2) is 13.9 Å². The second-order valence-corrected chi connectivity index (χ2v) is 8.50. The summed E-state index contributed by atoms with van der Waals surface area (Å²) in [6, 6.07) is 7.04. The number of alkyl halides is 4. The van der Waals surface area contributed by atoms with Crippen molar-refractivity contribution in [3.05, 3.63) is 41.7 Å². The summed E-state index contributed by atoms with van der Waals surface area (Å²) in [5.74, 6) is -0.828. The van der Waals surface area contributed by atoms with E-state index < -0.39 is 30.1 Å². The number of aromatic nitrogens is 2. The topological polar surface area (TPSA) is 56.6 Å². The van der Waals surface area contributed by atoms with E-state index in [1.807, 2.05) is 0 Å². The van der Waals surface area contributed by atoms with Crippen LogP contribution in [0.5, 0.6) is 5.75 Å². The molecule has 2 heterocycles. The first kappa shape index (κ1) is 22.9. The average Bonchev–Trinajstić information content (AvgIpc) is 3.01. The molecule has 0 radical (unpaired) electrons. The first-order chi connectivity index (χ1) is 14.3. The van der Waals surface area contributed by atoms with Gasteiger partial charge in [0.25, 0.3) is 0 Å². The lowest BCUT2D eigenvalue weighted by atomic mass is 9.92. The van der Waals surface area contributed by atoms with Crippen LogP contribution in [0, 0.1) is 6.92 Å². The Bertz CT molecular complexity index is 919. The maximum Gasteiger partial charge on any atom is 0.573 e. The number of hydrogen-bond donors (Lipinski definition) is 0. The zero-order valence-corrected chi connectivity index (χ0v) is 17.7. The van der Waals surface area contributed by atoms with Crippen LogP contribution in [0.25, 0.3) is 5.69 Å². The third-order valence-corrected chi connectivity index (χ3v) is 4.79. The van der Waals surface area contributed by atoms with E-state index in [2.05, 4.69) is 9.84 Å². The Hall–Kier alpha value is -2.78. The van der Waals surface area contributed by atoms with Crippen molar-refractivity contribution in [1.29, 1.82) is 0 Å². The Balaban J connectivity index is 1.70. The highest BCUT2D eigenvalue weighted by Gasteiger charge is 2.36. The van der Waals surface area contributed by atoms with Crippen molar-refractivity contribution in [2.45, 2.75) is 58.2 Å². The van der Waals surface area contributed by atoms with Crippen molar-refractivity contribution < 1.29 is 31.8 Å². The first-order valence-electron chi connectivity index (χ1n) is 9.87. The van der Waals surface area contributed by atoms with Gasteiger partial charge in [-0.05, 0) is 64.4 Å². The van der Waals surface area contributed by atoms with Crippen LogP contribution in [0.2, 0.25) is 0 Å². The van der Waals surface area contributed by atoms with Crippen LogP contribution in [0.3, 0.4) is 0 Å². The number of amides is 1. The highest BCUT2D eigenvalue weighted by atomic mass is 19.4.